The van der Waals surface area contributed by atoms with E-state index in [2.05, 4.69) is 29.1 Å². The maximum atomic E-state index is 5.66. The lowest BCUT2D eigenvalue weighted by atomic mass is 10.2. The number of rotatable bonds is 8. The summed E-state index contributed by atoms with van der Waals surface area (Å²) in [6.07, 6.45) is 4.43. The Hall–Kier alpha value is -1.97. The van der Waals surface area contributed by atoms with E-state index < -0.39 is 0 Å². The molecule has 0 bridgehead atoms. The van der Waals surface area contributed by atoms with Gasteiger partial charge in [-0.3, -0.25) is 0 Å². The van der Waals surface area contributed by atoms with Crippen LogP contribution in [0.15, 0.2) is 41.9 Å². The average Bonchev–Trinajstić information content (AvgIpc) is 3.33. The number of aliphatic imine (C=N–C) groups is 1. The van der Waals surface area contributed by atoms with E-state index in [4.69, 9.17) is 4.74 Å². The lowest BCUT2D eigenvalue weighted by Gasteiger charge is -2.12. The van der Waals surface area contributed by atoms with Crippen molar-refractivity contribution in [3.63, 3.8) is 0 Å². The molecular formula is C17H25N3O. The summed E-state index contributed by atoms with van der Waals surface area (Å²) in [7, 11) is 0. The first-order chi connectivity index (χ1) is 10.3. The van der Waals surface area contributed by atoms with Gasteiger partial charge < -0.3 is 15.4 Å². The van der Waals surface area contributed by atoms with E-state index in [1.54, 1.807) is 6.08 Å². The monoisotopic (exact) mass is 287 g/mol. The van der Waals surface area contributed by atoms with Crippen LogP contribution >= 0.6 is 0 Å². The summed E-state index contributed by atoms with van der Waals surface area (Å²) < 4.78 is 5.66. The number of nitrogens with zero attached hydrogens (tertiary/aromatic N) is 1. The van der Waals surface area contributed by atoms with Gasteiger partial charge in [0.25, 0.3) is 0 Å². The molecule has 1 saturated carbocycles. The zero-order valence-corrected chi connectivity index (χ0v) is 12.8. The van der Waals surface area contributed by atoms with Crippen LogP contribution in [0.5, 0.6) is 5.75 Å². The van der Waals surface area contributed by atoms with Crippen LogP contribution in [0.2, 0.25) is 0 Å². The molecule has 4 heteroatoms. The Morgan fingerprint density at radius 2 is 2.19 bits per heavy atom. The van der Waals surface area contributed by atoms with E-state index in [-0.39, 0.29) is 0 Å². The largest absolute Gasteiger partial charge is 0.489 e. The zero-order chi connectivity index (χ0) is 14.9. The molecule has 1 fully saturated rings. The summed E-state index contributed by atoms with van der Waals surface area (Å²) >= 11 is 0. The van der Waals surface area contributed by atoms with Gasteiger partial charge in [0.2, 0.25) is 0 Å². The average molecular weight is 287 g/mol. The third-order valence-corrected chi connectivity index (χ3v) is 3.34. The molecule has 1 aromatic rings. The van der Waals surface area contributed by atoms with Crippen LogP contribution in [0.3, 0.4) is 0 Å². The van der Waals surface area contributed by atoms with Gasteiger partial charge in [-0.05, 0) is 31.7 Å². The molecule has 1 aromatic carbocycles. The minimum atomic E-state index is 0.515. The normalized spacial score (nSPS) is 14.6. The molecule has 2 rings (SSSR count). The van der Waals surface area contributed by atoms with Gasteiger partial charge in [0, 0.05) is 18.7 Å². The van der Waals surface area contributed by atoms with E-state index in [1.807, 2.05) is 24.3 Å². The highest BCUT2D eigenvalue weighted by atomic mass is 16.5. The predicted molar refractivity (Wildman–Crippen MR) is 87.7 cm³/mol. The molecule has 0 unspecified atom stereocenters. The first kappa shape index (κ1) is 15.4. The fourth-order valence-electron chi connectivity index (χ4n) is 1.99. The molecule has 0 atom stereocenters. The Morgan fingerprint density at radius 3 is 2.90 bits per heavy atom. The highest BCUT2D eigenvalue weighted by Gasteiger charge is 2.21. The number of hydrogen-bond donors (Lipinski definition) is 2. The van der Waals surface area contributed by atoms with Gasteiger partial charge in [-0.2, -0.15) is 0 Å². The third kappa shape index (κ3) is 5.50. The second kappa shape index (κ2) is 8.35. The van der Waals surface area contributed by atoms with Crippen molar-refractivity contribution in [2.45, 2.75) is 26.3 Å². The number of benzene rings is 1. The number of para-hydroxylation sites is 1. The third-order valence-electron chi connectivity index (χ3n) is 3.34. The van der Waals surface area contributed by atoms with Crippen LogP contribution in [0.25, 0.3) is 0 Å². The van der Waals surface area contributed by atoms with E-state index >= 15 is 0 Å². The molecule has 0 aliphatic heterocycles. The van der Waals surface area contributed by atoms with Crippen molar-refractivity contribution in [1.82, 2.24) is 10.6 Å². The molecule has 0 amide bonds. The summed E-state index contributed by atoms with van der Waals surface area (Å²) in [4.78, 5) is 4.64. The van der Waals surface area contributed by atoms with Gasteiger partial charge >= 0.3 is 0 Å². The number of guanidine groups is 1. The van der Waals surface area contributed by atoms with E-state index in [0.29, 0.717) is 13.2 Å². The van der Waals surface area contributed by atoms with Crippen molar-refractivity contribution < 1.29 is 4.74 Å². The smallest absolute Gasteiger partial charge is 0.191 e. The highest BCUT2D eigenvalue weighted by molar-refractivity contribution is 5.79. The van der Waals surface area contributed by atoms with Crippen molar-refractivity contribution in [1.29, 1.82) is 0 Å². The van der Waals surface area contributed by atoms with Crippen molar-refractivity contribution in [2.75, 3.05) is 19.7 Å². The molecule has 0 heterocycles. The molecule has 1 aliphatic rings. The Labute approximate surface area is 127 Å². The van der Waals surface area contributed by atoms with Crippen molar-refractivity contribution in [3.05, 3.63) is 42.5 Å². The molecular weight excluding hydrogens is 262 g/mol. The molecule has 0 saturated heterocycles. The second-order valence-electron chi connectivity index (χ2n) is 5.23. The molecule has 114 valence electrons. The van der Waals surface area contributed by atoms with Gasteiger partial charge in [0.15, 0.2) is 5.96 Å². The minimum absolute atomic E-state index is 0.515. The Kier molecular flexibility index (Phi) is 6.13. The Morgan fingerprint density at radius 1 is 1.38 bits per heavy atom. The van der Waals surface area contributed by atoms with E-state index in [1.165, 1.54) is 12.8 Å². The zero-order valence-electron chi connectivity index (χ0n) is 12.8. The molecule has 0 aromatic heterocycles. The Balaban J connectivity index is 1.96. The standard InChI is InChI=1S/C17H25N3O/c1-3-11-21-16-8-6-5-7-15(16)13-20-17(18-4-2)19-12-14-9-10-14/h3,5-8,14H,1,4,9-13H2,2H3,(H2,18,19,20). The molecule has 1 aliphatic carbocycles. The van der Waals surface area contributed by atoms with Crippen LogP contribution in [-0.2, 0) is 6.54 Å². The summed E-state index contributed by atoms with van der Waals surface area (Å²) in [6.45, 7) is 8.76. The fraction of sp³-hybridized carbons (Fsp3) is 0.471. The summed E-state index contributed by atoms with van der Waals surface area (Å²) in [5.41, 5.74) is 1.09. The summed E-state index contributed by atoms with van der Waals surface area (Å²) in [6, 6.07) is 8.00. The Bertz CT molecular complexity index is 481. The van der Waals surface area contributed by atoms with E-state index in [9.17, 15) is 0 Å². The number of nitrogens with one attached hydrogen (secondary N) is 2. The van der Waals surface area contributed by atoms with Gasteiger partial charge in [-0.1, -0.05) is 30.9 Å². The lowest BCUT2D eigenvalue weighted by molar-refractivity contribution is 0.359. The maximum absolute atomic E-state index is 5.66. The van der Waals surface area contributed by atoms with Crippen molar-refractivity contribution >= 4 is 5.96 Å². The molecule has 4 nitrogen and oxygen atoms in total. The van der Waals surface area contributed by atoms with E-state index in [0.717, 1.165) is 36.3 Å². The van der Waals surface area contributed by atoms with Crippen molar-refractivity contribution in [3.8, 4) is 5.75 Å². The quantitative estimate of drug-likeness (QED) is 0.439. The maximum Gasteiger partial charge on any atom is 0.191 e. The van der Waals surface area contributed by atoms with Crippen LogP contribution in [-0.4, -0.2) is 25.7 Å². The SMILES string of the molecule is C=CCOc1ccccc1CN=C(NCC)NCC1CC1. The first-order valence-electron chi connectivity index (χ1n) is 7.67. The topological polar surface area (TPSA) is 45.6 Å². The van der Waals surface area contributed by atoms with Gasteiger partial charge in [-0.15, -0.1) is 0 Å². The number of ether oxygens (including phenoxy) is 1. The van der Waals surface area contributed by atoms with Crippen LogP contribution in [0, 0.1) is 5.92 Å². The molecule has 0 radical (unpaired) electrons. The lowest BCUT2D eigenvalue weighted by Crippen LogP contribution is -2.38. The van der Waals surface area contributed by atoms with Crippen LogP contribution in [0.4, 0.5) is 0 Å². The highest BCUT2D eigenvalue weighted by Crippen LogP contribution is 2.27. The fourth-order valence-corrected chi connectivity index (χ4v) is 1.99. The molecule has 2 N–H and O–H groups in total. The molecule has 21 heavy (non-hydrogen) atoms. The predicted octanol–water partition coefficient (Wildman–Crippen LogP) is 2.72. The second-order valence-corrected chi connectivity index (χ2v) is 5.23. The summed E-state index contributed by atoms with van der Waals surface area (Å²) in [5.74, 6) is 2.58. The van der Waals surface area contributed by atoms with Gasteiger partial charge in [0.05, 0.1) is 6.54 Å². The van der Waals surface area contributed by atoms with Crippen molar-refractivity contribution in [2.24, 2.45) is 10.9 Å². The first-order valence-corrected chi connectivity index (χ1v) is 7.67. The summed E-state index contributed by atoms with van der Waals surface area (Å²) in [5, 5.41) is 6.68. The minimum Gasteiger partial charge on any atom is -0.489 e. The number of hydrogen-bond acceptors (Lipinski definition) is 2. The van der Waals surface area contributed by atoms with Crippen LogP contribution in [0.1, 0.15) is 25.3 Å². The van der Waals surface area contributed by atoms with Gasteiger partial charge in [0.1, 0.15) is 12.4 Å². The van der Waals surface area contributed by atoms with Gasteiger partial charge in [-0.25, -0.2) is 4.99 Å². The van der Waals surface area contributed by atoms with Crippen LogP contribution < -0.4 is 15.4 Å². The molecule has 0 spiro atoms.